The summed E-state index contributed by atoms with van der Waals surface area (Å²) >= 11 is 0. The molecule has 3 saturated heterocycles. The maximum Gasteiger partial charge on any atom is 0.335 e. The number of hydrogen-bond donors (Lipinski definition) is 0. The molecule has 7 atom stereocenters. The molecule has 186 valence electrons. The minimum atomic E-state index is -1.31. The second-order valence-corrected chi connectivity index (χ2v) is 8.52. The SMILES string of the molecule is C=C(C)C(=O)OC1O[C@H](C2COC(C)(CC(=O)OCC)O2)[C@@H]2OC(C)(CC(=O)OCC)O[C@H]12. The summed E-state index contributed by atoms with van der Waals surface area (Å²) in [6.07, 6.45) is -4.35. The summed E-state index contributed by atoms with van der Waals surface area (Å²) in [5.74, 6) is -4.13. The van der Waals surface area contributed by atoms with Gasteiger partial charge in [-0.25, -0.2) is 4.79 Å². The third-order valence-electron chi connectivity index (χ3n) is 5.41. The van der Waals surface area contributed by atoms with Crippen LogP contribution in [0.25, 0.3) is 0 Å². The molecule has 0 bridgehead atoms. The maximum absolute atomic E-state index is 12.1. The minimum absolute atomic E-state index is 0.100. The van der Waals surface area contributed by atoms with E-state index >= 15 is 0 Å². The van der Waals surface area contributed by atoms with Gasteiger partial charge < -0.3 is 37.9 Å². The summed E-state index contributed by atoms with van der Waals surface area (Å²) < 4.78 is 45.2. The summed E-state index contributed by atoms with van der Waals surface area (Å²) in [5, 5.41) is 0. The zero-order valence-corrected chi connectivity index (χ0v) is 19.6. The average Bonchev–Trinajstić information content (AvgIpc) is 3.34. The lowest BCUT2D eigenvalue weighted by Gasteiger charge is -2.29. The summed E-state index contributed by atoms with van der Waals surface area (Å²) in [6.45, 7) is 12.3. The van der Waals surface area contributed by atoms with Crippen LogP contribution in [0.1, 0.15) is 47.5 Å². The van der Waals surface area contributed by atoms with Crippen LogP contribution in [0.5, 0.6) is 0 Å². The number of hydrogen-bond acceptors (Lipinski definition) is 11. The molecule has 0 saturated carbocycles. The maximum atomic E-state index is 12.1. The van der Waals surface area contributed by atoms with E-state index in [2.05, 4.69) is 6.58 Å². The molecule has 4 unspecified atom stereocenters. The van der Waals surface area contributed by atoms with E-state index < -0.39 is 60.2 Å². The normalized spacial score (nSPS) is 37.4. The number of ether oxygens (including phenoxy) is 8. The lowest BCUT2D eigenvalue weighted by Crippen LogP contribution is -2.42. The summed E-state index contributed by atoms with van der Waals surface area (Å²) in [5.41, 5.74) is 0.189. The van der Waals surface area contributed by atoms with E-state index in [0.29, 0.717) is 0 Å². The van der Waals surface area contributed by atoms with Gasteiger partial charge in [-0.1, -0.05) is 6.58 Å². The van der Waals surface area contributed by atoms with Gasteiger partial charge in [-0.2, -0.15) is 0 Å². The molecule has 0 N–H and O–H groups in total. The van der Waals surface area contributed by atoms with Crippen LogP contribution in [0, 0.1) is 0 Å². The van der Waals surface area contributed by atoms with E-state index in [9.17, 15) is 14.4 Å². The predicted octanol–water partition coefficient (Wildman–Crippen LogP) is 1.37. The van der Waals surface area contributed by atoms with E-state index in [1.165, 1.54) is 6.92 Å². The third kappa shape index (κ3) is 5.90. The van der Waals surface area contributed by atoms with Crippen molar-refractivity contribution < 1.29 is 52.3 Å². The molecule has 0 radical (unpaired) electrons. The van der Waals surface area contributed by atoms with Gasteiger partial charge in [-0.15, -0.1) is 0 Å². The van der Waals surface area contributed by atoms with E-state index in [1.54, 1.807) is 27.7 Å². The van der Waals surface area contributed by atoms with Crippen molar-refractivity contribution in [2.45, 2.75) is 89.7 Å². The lowest BCUT2D eigenvalue weighted by molar-refractivity contribution is -0.251. The van der Waals surface area contributed by atoms with Crippen LogP contribution in [0.4, 0.5) is 0 Å². The van der Waals surface area contributed by atoms with Crippen LogP contribution in [0.2, 0.25) is 0 Å². The fourth-order valence-electron chi connectivity index (χ4n) is 4.04. The number of esters is 3. The van der Waals surface area contributed by atoms with E-state index in [0.717, 1.165) is 0 Å². The number of carbonyl (C=O) groups excluding carboxylic acids is 3. The highest BCUT2D eigenvalue weighted by Crippen LogP contribution is 2.44. The Morgan fingerprint density at radius 2 is 1.48 bits per heavy atom. The van der Waals surface area contributed by atoms with Crippen LogP contribution >= 0.6 is 0 Å². The third-order valence-corrected chi connectivity index (χ3v) is 5.41. The van der Waals surface area contributed by atoms with Crippen molar-refractivity contribution in [3.63, 3.8) is 0 Å². The Labute approximate surface area is 192 Å². The van der Waals surface area contributed by atoms with Gasteiger partial charge in [-0.3, -0.25) is 9.59 Å². The first-order chi connectivity index (χ1) is 15.5. The molecular weight excluding hydrogens is 440 g/mol. The summed E-state index contributed by atoms with van der Waals surface area (Å²) in [6, 6.07) is 0. The predicted molar refractivity (Wildman–Crippen MR) is 109 cm³/mol. The molecule has 3 aliphatic heterocycles. The Bertz CT molecular complexity index is 782. The molecule has 33 heavy (non-hydrogen) atoms. The Morgan fingerprint density at radius 1 is 0.909 bits per heavy atom. The van der Waals surface area contributed by atoms with Crippen molar-refractivity contribution in [2.75, 3.05) is 19.8 Å². The molecule has 0 aromatic rings. The van der Waals surface area contributed by atoms with Crippen molar-refractivity contribution in [3.8, 4) is 0 Å². The fourth-order valence-corrected chi connectivity index (χ4v) is 4.04. The van der Waals surface area contributed by atoms with Gasteiger partial charge in [0, 0.05) is 5.57 Å². The molecule has 11 nitrogen and oxygen atoms in total. The van der Waals surface area contributed by atoms with Crippen molar-refractivity contribution >= 4 is 17.9 Å². The second-order valence-electron chi connectivity index (χ2n) is 8.52. The number of rotatable bonds is 9. The smallest absolute Gasteiger partial charge is 0.335 e. The highest BCUT2D eigenvalue weighted by Gasteiger charge is 2.62. The van der Waals surface area contributed by atoms with E-state index in [1.807, 2.05) is 0 Å². The Morgan fingerprint density at radius 3 is 2.06 bits per heavy atom. The van der Waals surface area contributed by atoms with Gasteiger partial charge >= 0.3 is 17.9 Å². The van der Waals surface area contributed by atoms with Crippen molar-refractivity contribution in [1.82, 2.24) is 0 Å². The first-order valence-electron chi connectivity index (χ1n) is 11.0. The van der Waals surface area contributed by atoms with Gasteiger partial charge in [0.15, 0.2) is 17.7 Å². The molecular formula is C22H32O11. The number of carbonyl (C=O) groups is 3. The molecule has 0 aliphatic carbocycles. The first kappa shape index (κ1) is 25.6. The van der Waals surface area contributed by atoms with Gasteiger partial charge in [0.05, 0.1) is 32.7 Å². The summed E-state index contributed by atoms with van der Waals surface area (Å²) in [4.78, 5) is 36.1. The zero-order chi connectivity index (χ0) is 24.4. The Hall–Kier alpha value is -2.05. The van der Waals surface area contributed by atoms with Gasteiger partial charge in [0.25, 0.3) is 0 Å². The van der Waals surface area contributed by atoms with Gasteiger partial charge in [0.1, 0.15) is 18.3 Å². The van der Waals surface area contributed by atoms with Crippen LogP contribution < -0.4 is 0 Å². The monoisotopic (exact) mass is 472 g/mol. The standard InChI is InChI=1S/C22H32O11/c1-7-26-14(23)9-21(5)28-11-13(31-21)16-17-18(20(29-16)30-19(25)12(3)4)33-22(6,32-17)10-15(24)27-8-2/h13,16-18,20H,3,7-11H2,1-2,4-6H3/t13?,16-,17+,18+,20?,21?,22?/m1/s1. The topological polar surface area (TPSA) is 125 Å². The molecule has 11 heteroatoms. The molecule has 3 aliphatic rings. The van der Waals surface area contributed by atoms with Gasteiger partial charge in [0.2, 0.25) is 6.29 Å². The fraction of sp³-hybridized carbons (Fsp3) is 0.773. The van der Waals surface area contributed by atoms with Gasteiger partial charge in [-0.05, 0) is 34.6 Å². The average molecular weight is 472 g/mol. The minimum Gasteiger partial charge on any atom is -0.466 e. The quantitative estimate of drug-likeness (QED) is 0.274. The first-order valence-corrected chi connectivity index (χ1v) is 11.0. The highest BCUT2D eigenvalue weighted by atomic mass is 16.8. The largest absolute Gasteiger partial charge is 0.466 e. The molecule has 0 aromatic heterocycles. The summed E-state index contributed by atoms with van der Waals surface area (Å²) in [7, 11) is 0. The van der Waals surface area contributed by atoms with Crippen LogP contribution in [0.15, 0.2) is 12.2 Å². The molecule has 3 rings (SSSR count). The molecule has 3 fully saturated rings. The zero-order valence-electron chi connectivity index (χ0n) is 19.6. The Balaban J connectivity index is 1.75. The molecule has 0 spiro atoms. The van der Waals surface area contributed by atoms with Crippen LogP contribution in [-0.4, -0.2) is 80.0 Å². The van der Waals surface area contributed by atoms with Crippen molar-refractivity contribution in [2.24, 2.45) is 0 Å². The highest BCUT2D eigenvalue weighted by molar-refractivity contribution is 5.87. The second kappa shape index (κ2) is 10.1. The molecule has 0 aromatic carbocycles. The van der Waals surface area contributed by atoms with Crippen molar-refractivity contribution in [1.29, 1.82) is 0 Å². The van der Waals surface area contributed by atoms with Crippen LogP contribution in [-0.2, 0) is 52.3 Å². The van der Waals surface area contributed by atoms with E-state index in [4.69, 9.17) is 37.9 Å². The lowest BCUT2D eigenvalue weighted by atomic mass is 10.1. The number of fused-ring (bicyclic) bond motifs is 1. The van der Waals surface area contributed by atoms with Crippen LogP contribution in [0.3, 0.4) is 0 Å². The van der Waals surface area contributed by atoms with E-state index in [-0.39, 0.29) is 38.2 Å². The molecule has 3 heterocycles. The van der Waals surface area contributed by atoms with Crippen molar-refractivity contribution in [3.05, 3.63) is 12.2 Å². The molecule has 0 amide bonds. The Kier molecular flexibility index (Phi) is 7.80.